The molecule has 0 bridgehead atoms. The highest BCUT2D eigenvalue weighted by atomic mass is 15.2. The Balaban J connectivity index is 2.22. The van der Waals surface area contributed by atoms with Crippen LogP contribution in [0.3, 0.4) is 0 Å². The minimum atomic E-state index is 0.576. The maximum absolute atomic E-state index is 5.67. The molecule has 1 aliphatic heterocycles. The molecule has 0 saturated carbocycles. The van der Waals surface area contributed by atoms with Gasteiger partial charge in [-0.1, -0.05) is 13.3 Å². The molecular weight excluding hydrogens is 222 g/mol. The summed E-state index contributed by atoms with van der Waals surface area (Å²) in [7, 11) is 0. The second-order valence-corrected chi connectivity index (χ2v) is 5.32. The van der Waals surface area contributed by atoms with Gasteiger partial charge in [-0.15, -0.1) is 0 Å². The first kappa shape index (κ1) is 13.3. The molecular formula is C15H25N3. The average Bonchev–Trinajstić information content (AvgIpc) is 2.40. The number of rotatable bonds is 4. The third-order valence-electron chi connectivity index (χ3n) is 3.86. The predicted molar refractivity (Wildman–Crippen MR) is 76.8 cm³/mol. The first-order chi connectivity index (χ1) is 8.76. The highest BCUT2D eigenvalue weighted by Gasteiger charge is 2.23. The molecule has 0 spiro atoms. The standard InChI is InChI=1S/C15H25N3/c1-3-6-14-7-4-5-8-18(14)15-12(2)9-13(10-16)11-17-15/h9,11,14H,3-8,10,16H2,1-2H3. The molecule has 1 unspecified atom stereocenters. The summed E-state index contributed by atoms with van der Waals surface area (Å²) < 4.78 is 0. The van der Waals surface area contributed by atoms with Gasteiger partial charge in [0.1, 0.15) is 5.82 Å². The molecule has 0 amide bonds. The molecule has 2 heterocycles. The first-order valence-corrected chi connectivity index (χ1v) is 7.18. The van der Waals surface area contributed by atoms with E-state index in [0.29, 0.717) is 12.6 Å². The number of pyridine rings is 1. The van der Waals surface area contributed by atoms with Crippen LogP contribution in [0.5, 0.6) is 0 Å². The molecule has 0 aromatic carbocycles. The minimum Gasteiger partial charge on any atom is -0.353 e. The van der Waals surface area contributed by atoms with Gasteiger partial charge < -0.3 is 10.6 Å². The van der Waals surface area contributed by atoms with E-state index in [1.807, 2.05) is 6.20 Å². The largest absolute Gasteiger partial charge is 0.353 e. The van der Waals surface area contributed by atoms with E-state index in [9.17, 15) is 0 Å². The smallest absolute Gasteiger partial charge is 0.131 e. The number of hydrogen-bond donors (Lipinski definition) is 1. The third kappa shape index (κ3) is 2.83. The van der Waals surface area contributed by atoms with Gasteiger partial charge in [-0.3, -0.25) is 0 Å². The quantitative estimate of drug-likeness (QED) is 0.889. The van der Waals surface area contributed by atoms with E-state index >= 15 is 0 Å². The summed E-state index contributed by atoms with van der Waals surface area (Å²) in [5, 5.41) is 0. The highest BCUT2D eigenvalue weighted by Crippen LogP contribution is 2.28. The van der Waals surface area contributed by atoms with E-state index in [-0.39, 0.29) is 0 Å². The molecule has 1 saturated heterocycles. The van der Waals surface area contributed by atoms with Crippen LogP contribution < -0.4 is 10.6 Å². The maximum Gasteiger partial charge on any atom is 0.131 e. The molecule has 2 N–H and O–H groups in total. The van der Waals surface area contributed by atoms with Gasteiger partial charge in [0.2, 0.25) is 0 Å². The summed E-state index contributed by atoms with van der Waals surface area (Å²) in [6, 6.07) is 2.86. The Labute approximate surface area is 110 Å². The number of aromatic nitrogens is 1. The zero-order chi connectivity index (χ0) is 13.0. The van der Waals surface area contributed by atoms with Crippen molar-refractivity contribution in [3.05, 3.63) is 23.4 Å². The lowest BCUT2D eigenvalue weighted by molar-refractivity contribution is 0.431. The summed E-state index contributed by atoms with van der Waals surface area (Å²) in [5.41, 5.74) is 8.06. The van der Waals surface area contributed by atoms with Crippen LogP contribution in [-0.4, -0.2) is 17.6 Å². The van der Waals surface area contributed by atoms with Gasteiger partial charge in [-0.05, 0) is 49.8 Å². The van der Waals surface area contributed by atoms with E-state index in [1.54, 1.807) is 0 Å². The van der Waals surface area contributed by atoms with Crippen molar-refractivity contribution in [2.24, 2.45) is 5.73 Å². The molecule has 18 heavy (non-hydrogen) atoms. The van der Waals surface area contributed by atoms with Crippen LogP contribution in [-0.2, 0) is 6.54 Å². The molecule has 0 aliphatic carbocycles. The predicted octanol–water partition coefficient (Wildman–Crippen LogP) is 3.01. The van der Waals surface area contributed by atoms with Crippen LogP contribution in [0.4, 0.5) is 5.82 Å². The lowest BCUT2D eigenvalue weighted by atomic mass is 9.97. The zero-order valence-corrected chi connectivity index (χ0v) is 11.7. The van der Waals surface area contributed by atoms with Crippen molar-refractivity contribution in [3.8, 4) is 0 Å². The van der Waals surface area contributed by atoms with E-state index < -0.39 is 0 Å². The number of piperidine rings is 1. The van der Waals surface area contributed by atoms with Crippen molar-refractivity contribution >= 4 is 5.82 Å². The van der Waals surface area contributed by atoms with Gasteiger partial charge in [0.15, 0.2) is 0 Å². The number of aryl methyl sites for hydroxylation is 1. The van der Waals surface area contributed by atoms with Crippen molar-refractivity contribution in [2.75, 3.05) is 11.4 Å². The number of nitrogens with zero attached hydrogens (tertiary/aromatic N) is 2. The van der Waals surface area contributed by atoms with Gasteiger partial charge >= 0.3 is 0 Å². The molecule has 1 fully saturated rings. The number of nitrogens with two attached hydrogens (primary N) is 1. The fraction of sp³-hybridized carbons (Fsp3) is 0.667. The highest BCUT2D eigenvalue weighted by molar-refractivity contribution is 5.48. The molecule has 0 radical (unpaired) electrons. The molecule has 3 heteroatoms. The van der Waals surface area contributed by atoms with Crippen molar-refractivity contribution in [2.45, 2.75) is 58.5 Å². The summed E-state index contributed by atoms with van der Waals surface area (Å²) in [5.74, 6) is 1.17. The Hall–Kier alpha value is -1.09. The Morgan fingerprint density at radius 1 is 1.44 bits per heavy atom. The number of hydrogen-bond acceptors (Lipinski definition) is 3. The van der Waals surface area contributed by atoms with Crippen LogP contribution in [0.25, 0.3) is 0 Å². The molecule has 1 aromatic heterocycles. The summed E-state index contributed by atoms with van der Waals surface area (Å²) in [6.45, 7) is 6.15. The van der Waals surface area contributed by atoms with Crippen molar-refractivity contribution in [3.63, 3.8) is 0 Å². The average molecular weight is 247 g/mol. The topological polar surface area (TPSA) is 42.2 Å². The molecule has 3 nitrogen and oxygen atoms in total. The normalized spacial score (nSPS) is 20.2. The maximum atomic E-state index is 5.67. The fourth-order valence-corrected chi connectivity index (χ4v) is 2.95. The molecule has 2 rings (SSSR count). The van der Waals surface area contributed by atoms with Gasteiger partial charge in [-0.25, -0.2) is 4.98 Å². The zero-order valence-electron chi connectivity index (χ0n) is 11.7. The van der Waals surface area contributed by atoms with Crippen molar-refractivity contribution < 1.29 is 0 Å². The van der Waals surface area contributed by atoms with Crippen LogP contribution in [0.15, 0.2) is 12.3 Å². The number of anilines is 1. The second-order valence-electron chi connectivity index (χ2n) is 5.32. The molecule has 1 atom stereocenters. The van der Waals surface area contributed by atoms with Gasteiger partial charge in [0, 0.05) is 25.3 Å². The Kier molecular flexibility index (Phi) is 4.59. The van der Waals surface area contributed by atoms with Crippen LogP contribution in [0.1, 0.15) is 50.2 Å². The summed E-state index contributed by atoms with van der Waals surface area (Å²) >= 11 is 0. The monoisotopic (exact) mass is 247 g/mol. The van der Waals surface area contributed by atoms with Crippen molar-refractivity contribution in [1.82, 2.24) is 4.98 Å². The lowest BCUT2D eigenvalue weighted by Crippen LogP contribution is -2.40. The van der Waals surface area contributed by atoms with E-state index in [0.717, 1.165) is 12.1 Å². The van der Waals surface area contributed by atoms with Gasteiger partial charge in [0.25, 0.3) is 0 Å². The summed E-state index contributed by atoms with van der Waals surface area (Å²) in [6.07, 6.45) is 8.43. The van der Waals surface area contributed by atoms with E-state index in [4.69, 9.17) is 5.73 Å². The molecule has 1 aromatic rings. The lowest BCUT2D eigenvalue weighted by Gasteiger charge is -2.37. The van der Waals surface area contributed by atoms with E-state index in [2.05, 4.69) is 29.8 Å². The van der Waals surface area contributed by atoms with Gasteiger partial charge in [0.05, 0.1) is 0 Å². The van der Waals surface area contributed by atoms with E-state index in [1.165, 1.54) is 43.5 Å². The Morgan fingerprint density at radius 2 is 2.28 bits per heavy atom. The Morgan fingerprint density at radius 3 is 2.94 bits per heavy atom. The fourth-order valence-electron chi connectivity index (χ4n) is 2.95. The summed E-state index contributed by atoms with van der Waals surface area (Å²) in [4.78, 5) is 7.17. The molecule has 100 valence electrons. The SMILES string of the molecule is CCCC1CCCCN1c1ncc(CN)cc1C. The van der Waals surface area contributed by atoms with Gasteiger partial charge in [-0.2, -0.15) is 0 Å². The van der Waals surface area contributed by atoms with Crippen LogP contribution >= 0.6 is 0 Å². The van der Waals surface area contributed by atoms with Crippen molar-refractivity contribution in [1.29, 1.82) is 0 Å². The molecule has 1 aliphatic rings. The Bertz CT molecular complexity index is 387. The van der Waals surface area contributed by atoms with Crippen LogP contribution in [0, 0.1) is 6.92 Å². The minimum absolute atomic E-state index is 0.576. The third-order valence-corrected chi connectivity index (χ3v) is 3.86. The first-order valence-electron chi connectivity index (χ1n) is 7.18. The van der Waals surface area contributed by atoms with Crippen LogP contribution in [0.2, 0.25) is 0 Å². The second kappa shape index (κ2) is 6.19.